The summed E-state index contributed by atoms with van der Waals surface area (Å²) in [6.07, 6.45) is 8.31. The molecule has 2 rings (SSSR count). The minimum atomic E-state index is 0.820. The van der Waals surface area contributed by atoms with Gasteiger partial charge in [-0.2, -0.15) is 5.26 Å². The number of thiocyanates is 1. The number of thioether (sulfide) groups is 1. The summed E-state index contributed by atoms with van der Waals surface area (Å²) in [5.74, 6) is 0.820. The molecule has 0 aliphatic rings. The van der Waals surface area contributed by atoms with Gasteiger partial charge >= 0.3 is 0 Å². The number of benzene rings is 1. The number of pyridine rings is 1. The SMILES string of the molecule is CN(CCSC#N)c1ccc(C=Cc2cc[n+](C)cc2)cc1. The summed E-state index contributed by atoms with van der Waals surface area (Å²) in [5.41, 5.74) is 3.53. The maximum atomic E-state index is 8.54. The number of hydrogen-bond acceptors (Lipinski definition) is 3. The van der Waals surface area contributed by atoms with E-state index in [-0.39, 0.29) is 0 Å². The van der Waals surface area contributed by atoms with Gasteiger partial charge in [0.1, 0.15) is 12.4 Å². The summed E-state index contributed by atoms with van der Waals surface area (Å²) >= 11 is 1.29. The fourth-order valence-electron chi connectivity index (χ4n) is 2.01. The average Bonchev–Trinajstić information content (AvgIpc) is 2.55. The van der Waals surface area contributed by atoms with Crippen LogP contribution < -0.4 is 9.47 Å². The van der Waals surface area contributed by atoms with Gasteiger partial charge in [0, 0.05) is 37.2 Å². The van der Waals surface area contributed by atoms with Crippen molar-refractivity contribution in [2.75, 3.05) is 24.2 Å². The lowest BCUT2D eigenvalue weighted by Gasteiger charge is -2.18. The standard InChI is InChI=1S/C18H20N3S/c1-20-11-9-17(10-12-20)4-3-16-5-7-18(8-6-16)21(2)13-14-22-15-19/h3-12H,13-14H2,1-2H3/q+1. The Morgan fingerprint density at radius 1 is 1.09 bits per heavy atom. The molecule has 3 nitrogen and oxygen atoms in total. The van der Waals surface area contributed by atoms with Crippen LogP contribution in [0.5, 0.6) is 0 Å². The summed E-state index contributed by atoms with van der Waals surface area (Å²) in [5, 5.41) is 10.6. The molecule has 0 saturated carbocycles. The van der Waals surface area contributed by atoms with E-state index >= 15 is 0 Å². The summed E-state index contributed by atoms with van der Waals surface area (Å²) in [4.78, 5) is 2.16. The molecule has 0 aliphatic heterocycles. The van der Waals surface area contributed by atoms with Crippen LogP contribution in [0, 0.1) is 10.7 Å². The smallest absolute Gasteiger partial charge is 0.169 e. The van der Waals surface area contributed by atoms with Gasteiger partial charge in [-0.3, -0.25) is 0 Å². The third-order valence-corrected chi connectivity index (χ3v) is 3.92. The summed E-state index contributed by atoms with van der Waals surface area (Å²) < 4.78 is 2.02. The molecule has 4 heteroatoms. The highest BCUT2D eigenvalue weighted by atomic mass is 32.2. The number of anilines is 1. The second-order valence-corrected chi connectivity index (χ2v) is 5.96. The molecule has 0 aliphatic carbocycles. The van der Waals surface area contributed by atoms with E-state index in [0.717, 1.165) is 12.3 Å². The van der Waals surface area contributed by atoms with Gasteiger partial charge in [0.05, 0.1) is 0 Å². The Hall–Kier alpha value is -2.25. The highest BCUT2D eigenvalue weighted by Crippen LogP contribution is 2.16. The lowest BCUT2D eigenvalue weighted by atomic mass is 10.1. The molecule has 2 aromatic rings. The Morgan fingerprint density at radius 3 is 2.27 bits per heavy atom. The average molecular weight is 310 g/mol. The number of nitriles is 1. The second-order valence-electron chi connectivity index (χ2n) is 5.08. The minimum Gasteiger partial charge on any atom is -0.374 e. The van der Waals surface area contributed by atoms with Crippen molar-refractivity contribution in [2.24, 2.45) is 7.05 Å². The van der Waals surface area contributed by atoms with E-state index in [1.165, 1.54) is 28.6 Å². The molecule has 0 fully saturated rings. The maximum absolute atomic E-state index is 8.54. The molecule has 1 aromatic heterocycles. The molecule has 0 unspecified atom stereocenters. The zero-order chi connectivity index (χ0) is 15.8. The van der Waals surface area contributed by atoms with E-state index in [0.29, 0.717) is 0 Å². The van der Waals surface area contributed by atoms with Crippen molar-refractivity contribution >= 4 is 29.6 Å². The summed E-state index contributed by atoms with van der Waals surface area (Å²) in [6, 6.07) is 12.6. The van der Waals surface area contributed by atoms with Gasteiger partial charge in [0.25, 0.3) is 0 Å². The van der Waals surface area contributed by atoms with E-state index in [2.05, 4.69) is 58.9 Å². The monoisotopic (exact) mass is 310 g/mol. The Bertz CT molecular complexity index is 654. The molecule has 0 spiro atoms. The minimum absolute atomic E-state index is 0.820. The first kappa shape index (κ1) is 16.1. The Labute approximate surface area is 136 Å². The van der Waals surface area contributed by atoms with Gasteiger partial charge < -0.3 is 4.90 Å². The van der Waals surface area contributed by atoms with Crippen LogP contribution in [-0.2, 0) is 7.05 Å². The maximum Gasteiger partial charge on any atom is 0.169 e. The molecule has 0 bridgehead atoms. The van der Waals surface area contributed by atoms with Crippen molar-refractivity contribution in [1.82, 2.24) is 0 Å². The molecule has 1 heterocycles. The van der Waals surface area contributed by atoms with Crippen LogP contribution in [0.15, 0.2) is 48.8 Å². The van der Waals surface area contributed by atoms with Gasteiger partial charge in [-0.1, -0.05) is 24.3 Å². The highest BCUT2D eigenvalue weighted by molar-refractivity contribution is 8.03. The number of nitrogens with zero attached hydrogens (tertiary/aromatic N) is 3. The zero-order valence-electron chi connectivity index (χ0n) is 12.9. The largest absolute Gasteiger partial charge is 0.374 e. The topological polar surface area (TPSA) is 30.9 Å². The van der Waals surface area contributed by atoms with Crippen LogP contribution in [0.4, 0.5) is 5.69 Å². The lowest BCUT2D eigenvalue weighted by molar-refractivity contribution is -0.671. The normalized spacial score (nSPS) is 10.6. The lowest BCUT2D eigenvalue weighted by Crippen LogP contribution is -2.25. The first-order valence-electron chi connectivity index (χ1n) is 7.14. The van der Waals surface area contributed by atoms with Crippen LogP contribution in [0.2, 0.25) is 0 Å². The van der Waals surface area contributed by atoms with E-state index < -0.39 is 0 Å². The van der Waals surface area contributed by atoms with Crippen LogP contribution in [-0.4, -0.2) is 19.3 Å². The van der Waals surface area contributed by atoms with Crippen LogP contribution in [0.25, 0.3) is 12.2 Å². The van der Waals surface area contributed by atoms with Crippen LogP contribution in [0.3, 0.4) is 0 Å². The fourth-order valence-corrected chi connectivity index (χ4v) is 2.47. The van der Waals surface area contributed by atoms with Crippen LogP contribution >= 0.6 is 11.8 Å². The Balaban J connectivity index is 1.96. The number of aromatic nitrogens is 1. The third-order valence-electron chi connectivity index (χ3n) is 3.40. The number of rotatable bonds is 6. The zero-order valence-corrected chi connectivity index (χ0v) is 13.8. The fraction of sp³-hybridized carbons (Fsp3) is 0.222. The van der Waals surface area contributed by atoms with Crippen molar-refractivity contribution < 1.29 is 4.57 Å². The molecule has 112 valence electrons. The molecule has 22 heavy (non-hydrogen) atoms. The van der Waals surface area contributed by atoms with Crippen molar-refractivity contribution in [3.63, 3.8) is 0 Å². The van der Waals surface area contributed by atoms with Crippen molar-refractivity contribution in [3.8, 4) is 5.40 Å². The Kier molecular flexibility index (Phi) is 6.05. The summed E-state index contributed by atoms with van der Waals surface area (Å²) in [6.45, 7) is 0.869. The molecule has 0 N–H and O–H groups in total. The number of hydrogen-bond donors (Lipinski definition) is 0. The van der Waals surface area contributed by atoms with Gasteiger partial charge in [-0.15, -0.1) is 0 Å². The van der Waals surface area contributed by atoms with Crippen molar-refractivity contribution in [1.29, 1.82) is 5.26 Å². The van der Waals surface area contributed by atoms with Gasteiger partial charge in [-0.05, 0) is 35.0 Å². The van der Waals surface area contributed by atoms with Gasteiger partial charge in [-0.25, -0.2) is 4.57 Å². The van der Waals surface area contributed by atoms with E-state index in [1.54, 1.807) is 0 Å². The second kappa shape index (κ2) is 8.26. The van der Waals surface area contributed by atoms with E-state index in [4.69, 9.17) is 5.26 Å². The van der Waals surface area contributed by atoms with Crippen molar-refractivity contribution in [2.45, 2.75) is 0 Å². The first-order chi connectivity index (χ1) is 10.7. The number of aryl methyl sites for hydroxylation is 1. The molecular weight excluding hydrogens is 290 g/mol. The molecule has 0 amide bonds. The molecule has 0 radical (unpaired) electrons. The highest BCUT2D eigenvalue weighted by Gasteiger charge is 2.00. The predicted molar refractivity (Wildman–Crippen MR) is 94.3 cm³/mol. The molecule has 0 saturated heterocycles. The first-order valence-corrected chi connectivity index (χ1v) is 8.13. The van der Waals surface area contributed by atoms with E-state index in [1.807, 2.05) is 31.1 Å². The predicted octanol–water partition coefficient (Wildman–Crippen LogP) is 3.33. The van der Waals surface area contributed by atoms with Crippen molar-refractivity contribution in [3.05, 3.63) is 59.9 Å². The Morgan fingerprint density at radius 2 is 1.68 bits per heavy atom. The van der Waals surface area contributed by atoms with Crippen LogP contribution in [0.1, 0.15) is 11.1 Å². The quantitative estimate of drug-likeness (QED) is 0.466. The molecular formula is C18H20N3S+. The third kappa shape index (κ3) is 4.94. The van der Waals surface area contributed by atoms with Gasteiger partial charge in [0.2, 0.25) is 0 Å². The molecule has 1 aromatic carbocycles. The molecule has 0 atom stereocenters. The summed E-state index contributed by atoms with van der Waals surface area (Å²) in [7, 11) is 4.06. The van der Waals surface area contributed by atoms with E-state index in [9.17, 15) is 0 Å². The van der Waals surface area contributed by atoms with Gasteiger partial charge in [0.15, 0.2) is 12.4 Å².